The summed E-state index contributed by atoms with van der Waals surface area (Å²) in [5, 5.41) is 0. The van der Waals surface area contributed by atoms with Crippen LogP contribution < -0.4 is 5.73 Å². The molecule has 1 heterocycles. The van der Waals surface area contributed by atoms with Crippen LogP contribution in [-0.4, -0.2) is 12.9 Å². The van der Waals surface area contributed by atoms with Crippen molar-refractivity contribution in [1.82, 2.24) is 0 Å². The first-order valence-electron chi connectivity index (χ1n) is 5.42. The Morgan fingerprint density at radius 3 is 3.07 bits per heavy atom. The average molecular weight is 207 g/mol. The summed E-state index contributed by atoms with van der Waals surface area (Å²) in [7, 11) is 0. The van der Waals surface area contributed by atoms with E-state index >= 15 is 0 Å². The second-order valence-corrected chi connectivity index (χ2v) is 3.85. The first kappa shape index (κ1) is 10.5. The van der Waals surface area contributed by atoms with E-state index in [1.54, 1.807) is 0 Å². The van der Waals surface area contributed by atoms with Crippen LogP contribution in [0.2, 0.25) is 0 Å². The first-order valence-corrected chi connectivity index (χ1v) is 5.42. The molecule has 15 heavy (non-hydrogen) atoms. The van der Waals surface area contributed by atoms with Gasteiger partial charge in [0.05, 0.1) is 6.61 Å². The van der Waals surface area contributed by atoms with Crippen LogP contribution in [0.5, 0.6) is 0 Å². The highest BCUT2D eigenvalue weighted by Crippen LogP contribution is 2.16. The zero-order chi connectivity index (χ0) is 10.5. The lowest BCUT2D eigenvalue weighted by Gasteiger charge is -2.22. The van der Waals surface area contributed by atoms with Gasteiger partial charge in [0.25, 0.3) is 0 Å². The van der Waals surface area contributed by atoms with E-state index in [-0.39, 0.29) is 6.29 Å². The highest BCUT2D eigenvalue weighted by molar-refractivity contribution is 5.40. The molecule has 0 radical (unpaired) electrons. The number of rotatable bonds is 3. The molecule has 0 aliphatic carbocycles. The Bertz CT molecular complexity index is 308. The second-order valence-electron chi connectivity index (χ2n) is 3.85. The van der Waals surface area contributed by atoms with Gasteiger partial charge >= 0.3 is 0 Å². The zero-order valence-electron chi connectivity index (χ0n) is 8.82. The van der Waals surface area contributed by atoms with Crippen molar-refractivity contribution < 1.29 is 9.47 Å². The van der Waals surface area contributed by atoms with Gasteiger partial charge in [0.15, 0.2) is 6.29 Å². The van der Waals surface area contributed by atoms with Crippen molar-refractivity contribution in [3.63, 3.8) is 0 Å². The van der Waals surface area contributed by atoms with Gasteiger partial charge in [-0.05, 0) is 37.0 Å². The molecule has 1 fully saturated rings. The molecule has 3 heteroatoms. The van der Waals surface area contributed by atoms with E-state index in [9.17, 15) is 0 Å². The summed E-state index contributed by atoms with van der Waals surface area (Å²) in [4.78, 5) is 0. The molecule has 2 N–H and O–H groups in total. The van der Waals surface area contributed by atoms with Crippen LogP contribution in [-0.2, 0) is 16.1 Å². The predicted octanol–water partition coefficient (Wildman–Crippen LogP) is 2.31. The number of hydrogen-bond acceptors (Lipinski definition) is 3. The Morgan fingerprint density at radius 1 is 1.40 bits per heavy atom. The van der Waals surface area contributed by atoms with E-state index in [1.807, 2.05) is 24.3 Å². The minimum absolute atomic E-state index is 0.0276. The van der Waals surface area contributed by atoms with Crippen LogP contribution in [0.15, 0.2) is 24.3 Å². The highest BCUT2D eigenvalue weighted by atomic mass is 16.7. The minimum Gasteiger partial charge on any atom is -0.399 e. The van der Waals surface area contributed by atoms with Crippen LogP contribution in [0.3, 0.4) is 0 Å². The maximum atomic E-state index is 5.68. The summed E-state index contributed by atoms with van der Waals surface area (Å²) < 4.78 is 11.1. The zero-order valence-corrected chi connectivity index (χ0v) is 8.82. The fourth-order valence-electron chi connectivity index (χ4n) is 1.71. The Labute approximate surface area is 90.2 Å². The standard InChI is InChI=1S/C12H17NO2/c13-11-5-3-4-10(8-11)9-15-12-6-1-2-7-14-12/h3-5,8,12H,1-2,6-7,9,13H2. The van der Waals surface area contributed by atoms with Crippen LogP contribution in [0, 0.1) is 0 Å². The van der Waals surface area contributed by atoms with E-state index in [0.717, 1.165) is 30.7 Å². The maximum absolute atomic E-state index is 5.68. The number of nitrogen functional groups attached to an aromatic ring is 1. The van der Waals surface area contributed by atoms with Crippen molar-refractivity contribution in [3.8, 4) is 0 Å². The van der Waals surface area contributed by atoms with Crippen LogP contribution in [0.25, 0.3) is 0 Å². The Balaban J connectivity index is 1.81. The SMILES string of the molecule is Nc1cccc(COC2CCCCO2)c1. The summed E-state index contributed by atoms with van der Waals surface area (Å²) >= 11 is 0. The number of hydrogen-bond donors (Lipinski definition) is 1. The third kappa shape index (κ3) is 3.22. The van der Waals surface area contributed by atoms with E-state index in [2.05, 4.69) is 0 Å². The smallest absolute Gasteiger partial charge is 0.158 e. The van der Waals surface area contributed by atoms with Gasteiger partial charge in [-0.3, -0.25) is 0 Å². The van der Waals surface area contributed by atoms with Gasteiger partial charge < -0.3 is 15.2 Å². The lowest BCUT2D eigenvalue weighted by Crippen LogP contribution is -2.21. The lowest BCUT2D eigenvalue weighted by molar-refractivity contribution is -0.168. The predicted molar refractivity (Wildman–Crippen MR) is 59.2 cm³/mol. The molecule has 1 atom stereocenters. The van der Waals surface area contributed by atoms with Gasteiger partial charge in [-0.2, -0.15) is 0 Å². The van der Waals surface area contributed by atoms with Crippen LogP contribution in [0.4, 0.5) is 5.69 Å². The Hall–Kier alpha value is -1.06. The van der Waals surface area contributed by atoms with E-state index in [4.69, 9.17) is 15.2 Å². The largest absolute Gasteiger partial charge is 0.399 e. The van der Waals surface area contributed by atoms with Gasteiger partial charge in [0.1, 0.15) is 0 Å². The summed E-state index contributed by atoms with van der Waals surface area (Å²) in [6.07, 6.45) is 3.32. The molecule has 1 aliphatic rings. The molecule has 0 amide bonds. The number of ether oxygens (including phenoxy) is 2. The van der Waals surface area contributed by atoms with Gasteiger partial charge in [0, 0.05) is 12.3 Å². The lowest BCUT2D eigenvalue weighted by atomic mass is 10.2. The Kier molecular flexibility index (Phi) is 3.59. The van der Waals surface area contributed by atoms with E-state index in [0.29, 0.717) is 6.61 Å². The second kappa shape index (κ2) is 5.14. The number of anilines is 1. The molecule has 0 saturated carbocycles. The monoisotopic (exact) mass is 207 g/mol. The molecule has 0 spiro atoms. The third-order valence-electron chi connectivity index (χ3n) is 2.52. The molecule has 1 unspecified atom stereocenters. The van der Waals surface area contributed by atoms with Crippen molar-refractivity contribution >= 4 is 5.69 Å². The number of nitrogens with two attached hydrogens (primary N) is 1. The molecule has 2 rings (SSSR count). The fraction of sp³-hybridized carbons (Fsp3) is 0.500. The molecule has 1 aromatic rings. The Morgan fingerprint density at radius 2 is 2.33 bits per heavy atom. The summed E-state index contributed by atoms with van der Waals surface area (Å²) in [5.41, 5.74) is 7.56. The molecule has 0 aromatic heterocycles. The topological polar surface area (TPSA) is 44.5 Å². The van der Waals surface area contributed by atoms with Crippen molar-refractivity contribution in [2.45, 2.75) is 32.2 Å². The molecular weight excluding hydrogens is 190 g/mol. The maximum Gasteiger partial charge on any atom is 0.158 e. The molecule has 82 valence electrons. The van der Waals surface area contributed by atoms with Gasteiger partial charge in [-0.1, -0.05) is 12.1 Å². The van der Waals surface area contributed by atoms with Crippen molar-refractivity contribution in [3.05, 3.63) is 29.8 Å². The van der Waals surface area contributed by atoms with Crippen molar-refractivity contribution in [2.24, 2.45) is 0 Å². The first-order chi connectivity index (χ1) is 7.34. The third-order valence-corrected chi connectivity index (χ3v) is 2.52. The van der Waals surface area contributed by atoms with Crippen LogP contribution in [0.1, 0.15) is 24.8 Å². The molecular formula is C12H17NO2. The molecule has 1 aromatic carbocycles. The normalized spacial score (nSPS) is 21.5. The van der Waals surface area contributed by atoms with E-state index in [1.165, 1.54) is 6.42 Å². The van der Waals surface area contributed by atoms with Crippen molar-refractivity contribution in [2.75, 3.05) is 12.3 Å². The summed E-state index contributed by atoms with van der Waals surface area (Å²) in [6, 6.07) is 7.76. The summed E-state index contributed by atoms with van der Waals surface area (Å²) in [6.45, 7) is 1.40. The van der Waals surface area contributed by atoms with Gasteiger partial charge in [0.2, 0.25) is 0 Å². The molecule has 0 bridgehead atoms. The fourth-order valence-corrected chi connectivity index (χ4v) is 1.71. The van der Waals surface area contributed by atoms with Gasteiger partial charge in [-0.15, -0.1) is 0 Å². The van der Waals surface area contributed by atoms with Crippen LogP contribution >= 0.6 is 0 Å². The number of benzene rings is 1. The average Bonchev–Trinajstić information content (AvgIpc) is 2.28. The van der Waals surface area contributed by atoms with Gasteiger partial charge in [-0.25, -0.2) is 0 Å². The quantitative estimate of drug-likeness (QED) is 0.773. The molecule has 1 saturated heterocycles. The summed E-state index contributed by atoms with van der Waals surface area (Å²) in [5.74, 6) is 0. The molecule has 1 aliphatic heterocycles. The minimum atomic E-state index is -0.0276. The highest BCUT2D eigenvalue weighted by Gasteiger charge is 2.13. The molecule has 3 nitrogen and oxygen atoms in total. The van der Waals surface area contributed by atoms with E-state index < -0.39 is 0 Å². The van der Waals surface area contributed by atoms with Crippen molar-refractivity contribution in [1.29, 1.82) is 0 Å².